The molecule has 2 aliphatic carbocycles. The van der Waals surface area contributed by atoms with Gasteiger partial charge < -0.3 is 5.32 Å². The molecule has 0 aromatic carbocycles. The molecule has 0 aromatic rings. The van der Waals surface area contributed by atoms with E-state index in [4.69, 9.17) is 0 Å². The predicted octanol–water partition coefficient (Wildman–Crippen LogP) is 3.53. The maximum Gasteiger partial charge on any atom is 0.156 e. The molecule has 1 N–H and O–H groups in total. The van der Waals surface area contributed by atoms with E-state index < -0.39 is 0 Å². The Morgan fingerprint density at radius 3 is 2.89 bits per heavy atom. The van der Waals surface area contributed by atoms with E-state index in [1.165, 1.54) is 43.8 Å². The molecule has 3 aliphatic rings. The molecule has 2 saturated carbocycles. The Kier molecular flexibility index (Phi) is 3.88. The van der Waals surface area contributed by atoms with E-state index in [-0.39, 0.29) is 0 Å². The van der Waals surface area contributed by atoms with Gasteiger partial charge in [0.05, 0.1) is 6.54 Å². The fourth-order valence-electron chi connectivity index (χ4n) is 4.01. The molecule has 0 spiro atoms. The summed E-state index contributed by atoms with van der Waals surface area (Å²) in [5.41, 5.74) is 0. The average Bonchev–Trinajstić information content (AvgIpc) is 3.00. The smallest absolute Gasteiger partial charge is 0.156 e. The molecule has 2 bridgehead atoms. The molecule has 0 radical (unpaired) electrons. The molecule has 3 rings (SSSR count). The minimum Gasteiger partial charge on any atom is -0.365 e. The first-order valence-corrected chi connectivity index (χ1v) is 8.53. The number of fused-ring (bicyclic) bond motifs is 2. The van der Waals surface area contributed by atoms with E-state index in [1.54, 1.807) is 0 Å². The molecular formula is C15H26N2S. The number of hydrogen-bond donors (Lipinski definition) is 1. The molecule has 3 heteroatoms. The number of thioether (sulfide) groups is 1. The molecule has 2 nitrogen and oxygen atoms in total. The Morgan fingerprint density at radius 1 is 1.33 bits per heavy atom. The SMILES string of the molecule is CC(C)CC1CN=C(NCC2CC3CCC2C3)S1. The summed E-state index contributed by atoms with van der Waals surface area (Å²) in [5.74, 6) is 3.83. The van der Waals surface area contributed by atoms with Crippen molar-refractivity contribution in [1.82, 2.24) is 5.32 Å². The van der Waals surface area contributed by atoms with Crippen LogP contribution in [0.25, 0.3) is 0 Å². The summed E-state index contributed by atoms with van der Waals surface area (Å²) in [4.78, 5) is 4.66. The fraction of sp³-hybridized carbons (Fsp3) is 0.933. The lowest BCUT2D eigenvalue weighted by Crippen LogP contribution is -2.29. The van der Waals surface area contributed by atoms with Crippen LogP contribution in [0, 0.1) is 23.7 Å². The number of nitrogens with one attached hydrogen (secondary N) is 1. The zero-order chi connectivity index (χ0) is 12.5. The minimum atomic E-state index is 0.729. The van der Waals surface area contributed by atoms with E-state index in [2.05, 4.69) is 24.2 Å². The monoisotopic (exact) mass is 266 g/mol. The summed E-state index contributed by atoms with van der Waals surface area (Å²) >= 11 is 1.98. The first-order chi connectivity index (χ1) is 8.70. The Labute approximate surface area is 115 Å². The molecule has 1 aliphatic heterocycles. The molecule has 0 saturated heterocycles. The van der Waals surface area contributed by atoms with Crippen LogP contribution in [0.2, 0.25) is 0 Å². The Morgan fingerprint density at radius 2 is 2.22 bits per heavy atom. The van der Waals surface area contributed by atoms with Crippen molar-refractivity contribution in [1.29, 1.82) is 0 Å². The van der Waals surface area contributed by atoms with Gasteiger partial charge in [0.15, 0.2) is 5.17 Å². The normalized spacial score (nSPS) is 38.5. The van der Waals surface area contributed by atoms with Crippen molar-refractivity contribution in [3.63, 3.8) is 0 Å². The molecule has 2 fully saturated rings. The van der Waals surface area contributed by atoms with Gasteiger partial charge in [-0.2, -0.15) is 0 Å². The highest BCUT2D eigenvalue weighted by Crippen LogP contribution is 2.48. The van der Waals surface area contributed by atoms with Gasteiger partial charge in [-0.1, -0.05) is 32.0 Å². The lowest BCUT2D eigenvalue weighted by molar-refractivity contribution is 0.333. The summed E-state index contributed by atoms with van der Waals surface area (Å²) in [7, 11) is 0. The number of aliphatic imine (C=N–C) groups is 1. The molecular weight excluding hydrogens is 240 g/mol. The van der Waals surface area contributed by atoms with Gasteiger partial charge in [0.2, 0.25) is 0 Å². The van der Waals surface area contributed by atoms with E-state index in [9.17, 15) is 0 Å². The van der Waals surface area contributed by atoms with Gasteiger partial charge in [-0.05, 0) is 49.4 Å². The standard InChI is InChI=1S/C15H26N2S/c1-10(2)5-14-9-17-15(18-14)16-8-13-7-11-3-4-12(13)6-11/h10-14H,3-9H2,1-2H3,(H,16,17). The van der Waals surface area contributed by atoms with E-state index >= 15 is 0 Å². The lowest BCUT2D eigenvalue weighted by Gasteiger charge is -2.22. The van der Waals surface area contributed by atoms with E-state index in [0.29, 0.717) is 0 Å². The van der Waals surface area contributed by atoms with Crippen molar-refractivity contribution in [3.8, 4) is 0 Å². The van der Waals surface area contributed by atoms with Gasteiger partial charge in [0, 0.05) is 11.8 Å². The van der Waals surface area contributed by atoms with Crippen LogP contribution >= 0.6 is 11.8 Å². The van der Waals surface area contributed by atoms with Crippen molar-refractivity contribution in [3.05, 3.63) is 0 Å². The van der Waals surface area contributed by atoms with Gasteiger partial charge in [-0.25, -0.2) is 0 Å². The highest BCUT2D eigenvalue weighted by molar-refractivity contribution is 8.14. The van der Waals surface area contributed by atoms with Crippen LogP contribution in [0.4, 0.5) is 0 Å². The van der Waals surface area contributed by atoms with E-state index in [0.717, 1.165) is 35.5 Å². The van der Waals surface area contributed by atoms with Crippen LogP contribution in [0.15, 0.2) is 4.99 Å². The van der Waals surface area contributed by atoms with Crippen LogP contribution in [0.1, 0.15) is 46.0 Å². The summed E-state index contributed by atoms with van der Waals surface area (Å²) in [6, 6.07) is 0. The van der Waals surface area contributed by atoms with E-state index in [1.807, 2.05) is 11.8 Å². The number of hydrogen-bond acceptors (Lipinski definition) is 3. The summed E-state index contributed by atoms with van der Waals surface area (Å²) in [6.45, 7) is 6.83. The zero-order valence-corrected chi connectivity index (χ0v) is 12.5. The first kappa shape index (κ1) is 12.8. The number of rotatable bonds is 4. The van der Waals surface area contributed by atoms with Crippen LogP contribution < -0.4 is 5.32 Å². The quantitative estimate of drug-likeness (QED) is 0.842. The van der Waals surface area contributed by atoms with Gasteiger partial charge in [-0.3, -0.25) is 4.99 Å². The second kappa shape index (κ2) is 5.44. The molecule has 1 heterocycles. The summed E-state index contributed by atoms with van der Waals surface area (Å²) in [5, 5.41) is 5.58. The van der Waals surface area contributed by atoms with Crippen molar-refractivity contribution in [2.24, 2.45) is 28.7 Å². The first-order valence-electron chi connectivity index (χ1n) is 7.65. The van der Waals surface area contributed by atoms with Crippen molar-refractivity contribution >= 4 is 16.9 Å². The average molecular weight is 266 g/mol. The van der Waals surface area contributed by atoms with Crippen LogP contribution in [0.5, 0.6) is 0 Å². The molecule has 0 aromatic heterocycles. The van der Waals surface area contributed by atoms with Crippen molar-refractivity contribution < 1.29 is 0 Å². The highest BCUT2D eigenvalue weighted by Gasteiger charge is 2.39. The second-order valence-electron chi connectivity index (χ2n) is 6.83. The fourth-order valence-corrected chi connectivity index (χ4v) is 5.27. The number of nitrogens with zero attached hydrogens (tertiary/aromatic N) is 1. The van der Waals surface area contributed by atoms with Crippen molar-refractivity contribution in [2.75, 3.05) is 13.1 Å². The third-order valence-corrected chi connectivity index (χ3v) is 6.02. The Hall–Kier alpha value is -0.180. The van der Waals surface area contributed by atoms with Crippen LogP contribution in [0.3, 0.4) is 0 Å². The third kappa shape index (κ3) is 2.87. The van der Waals surface area contributed by atoms with Gasteiger partial charge in [0.25, 0.3) is 0 Å². The topological polar surface area (TPSA) is 24.4 Å². The third-order valence-electron chi connectivity index (χ3n) is 4.85. The maximum atomic E-state index is 4.66. The molecule has 4 atom stereocenters. The Bertz CT molecular complexity index is 326. The summed E-state index contributed by atoms with van der Waals surface area (Å²) < 4.78 is 0. The van der Waals surface area contributed by atoms with Gasteiger partial charge in [0.1, 0.15) is 0 Å². The van der Waals surface area contributed by atoms with Crippen LogP contribution in [-0.2, 0) is 0 Å². The summed E-state index contributed by atoms with van der Waals surface area (Å²) in [6.07, 6.45) is 7.29. The zero-order valence-electron chi connectivity index (χ0n) is 11.7. The molecule has 18 heavy (non-hydrogen) atoms. The molecule has 102 valence electrons. The maximum absolute atomic E-state index is 4.66. The van der Waals surface area contributed by atoms with Crippen LogP contribution in [-0.4, -0.2) is 23.5 Å². The lowest BCUT2D eigenvalue weighted by atomic mass is 9.89. The predicted molar refractivity (Wildman–Crippen MR) is 80.1 cm³/mol. The highest BCUT2D eigenvalue weighted by atomic mass is 32.2. The van der Waals surface area contributed by atoms with Crippen molar-refractivity contribution in [2.45, 2.75) is 51.2 Å². The molecule has 0 amide bonds. The largest absolute Gasteiger partial charge is 0.365 e. The Balaban J connectivity index is 1.39. The number of amidine groups is 1. The van der Waals surface area contributed by atoms with Gasteiger partial charge in [-0.15, -0.1) is 0 Å². The van der Waals surface area contributed by atoms with Gasteiger partial charge >= 0.3 is 0 Å². The second-order valence-corrected chi connectivity index (χ2v) is 8.12. The minimum absolute atomic E-state index is 0.729. The molecule has 4 unspecified atom stereocenters.